The summed E-state index contributed by atoms with van der Waals surface area (Å²) >= 11 is 0. The number of carbonyl (C=O) groups is 1. The van der Waals surface area contributed by atoms with E-state index in [-0.39, 0.29) is 0 Å². The van der Waals surface area contributed by atoms with Crippen LogP contribution in [0.3, 0.4) is 0 Å². The largest absolute Gasteiger partial charge is 0.449 e. The van der Waals surface area contributed by atoms with Gasteiger partial charge in [0.05, 0.1) is 24.7 Å². The fraction of sp³-hybridized carbons (Fsp3) is 0.214. The van der Waals surface area contributed by atoms with Crippen LogP contribution in [-0.2, 0) is 11.2 Å². The Balaban J connectivity index is 1.89. The van der Waals surface area contributed by atoms with E-state index in [0.717, 1.165) is 12.2 Å². The number of nitrogens with one attached hydrogen (secondary N) is 2. The molecule has 2 N–H and O–H groups in total. The van der Waals surface area contributed by atoms with Crippen molar-refractivity contribution in [2.75, 3.05) is 6.61 Å². The maximum absolute atomic E-state index is 11.0. The van der Waals surface area contributed by atoms with Crippen LogP contribution in [0.5, 0.6) is 0 Å². The molecule has 6 heteroatoms. The lowest BCUT2D eigenvalue weighted by Gasteiger charge is -1.98. The molecule has 0 saturated carbocycles. The third-order valence-electron chi connectivity index (χ3n) is 2.50. The average molecular weight is 272 g/mol. The van der Waals surface area contributed by atoms with Crippen molar-refractivity contribution < 1.29 is 9.53 Å². The molecule has 0 radical (unpaired) electrons. The number of benzene rings is 1. The van der Waals surface area contributed by atoms with Crippen LogP contribution in [0.1, 0.15) is 24.0 Å². The molecule has 1 aromatic carbocycles. The summed E-state index contributed by atoms with van der Waals surface area (Å²) in [6, 6.07) is 10.0. The Morgan fingerprint density at radius 1 is 1.45 bits per heavy atom. The minimum Gasteiger partial charge on any atom is -0.449 e. The number of hydrogen-bond donors (Lipinski definition) is 2. The molecule has 20 heavy (non-hydrogen) atoms. The normalized spacial score (nSPS) is 10.7. The van der Waals surface area contributed by atoms with Gasteiger partial charge in [0.1, 0.15) is 5.82 Å². The Morgan fingerprint density at radius 3 is 3.00 bits per heavy atom. The fourth-order valence-corrected chi connectivity index (χ4v) is 1.64. The highest BCUT2D eigenvalue weighted by Crippen LogP contribution is 2.05. The first-order valence-electron chi connectivity index (χ1n) is 6.31. The molecular weight excluding hydrogens is 256 g/mol. The lowest BCUT2D eigenvalue weighted by molar-refractivity contribution is 0.152. The maximum atomic E-state index is 11.0. The van der Waals surface area contributed by atoms with E-state index in [0.29, 0.717) is 12.3 Å². The molecule has 1 amide bonds. The minimum atomic E-state index is -0.576. The minimum absolute atomic E-state index is 0.312. The monoisotopic (exact) mass is 272 g/mol. The lowest BCUT2D eigenvalue weighted by Crippen LogP contribution is -2.18. The van der Waals surface area contributed by atoms with Gasteiger partial charge in [0.25, 0.3) is 0 Å². The van der Waals surface area contributed by atoms with Gasteiger partial charge in [0.15, 0.2) is 0 Å². The molecule has 0 saturated heterocycles. The van der Waals surface area contributed by atoms with E-state index in [2.05, 4.69) is 25.2 Å². The summed E-state index contributed by atoms with van der Waals surface area (Å²) in [5.41, 5.74) is 4.14. The van der Waals surface area contributed by atoms with Gasteiger partial charge in [-0.05, 0) is 12.5 Å². The highest BCUT2D eigenvalue weighted by molar-refractivity contribution is 5.78. The van der Waals surface area contributed by atoms with Gasteiger partial charge in [0.2, 0.25) is 0 Å². The van der Waals surface area contributed by atoms with Crippen molar-refractivity contribution in [1.29, 1.82) is 0 Å². The summed E-state index contributed by atoms with van der Waals surface area (Å²) < 4.78 is 4.67. The molecule has 0 spiro atoms. The summed E-state index contributed by atoms with van der Waals surface area (Å²) in [7, 11) is 0. The van der Waals surface area contributed by atoms with Gasteiger partial charge in [-0.3, -0.25) is 0 Å². The van der Waals surface area contributed by atoms with Crippen LogP contribution in [0.2, 0.25) is 0 Å². The van der Waals surface area contributed by atoms with Gasteiger partial charge in [-0.25, -0.2) is 15.2 Å². The number of ether oxygens (including phenoxy) is 1. The first-order chi connectivity index (χ1) is 9.78. The predicted octanol–water partition coefficient (Wildman–Crippen LogP) is 2.08. The molecule has 2 aromatic rings. The van der Waals surface area contributed by atoms with E-state index in [4.69, 9.17) is 0 Å². The standard InChI is InChI=1S/C14H16N4O2/c1-2-20-14(19)18-16-10-12-9-15-13(17-12)8-11-6-4-3-5-7-11/h3-7,9-10H,2,8H2,1H3,(H,15,17)(H,18,19). The highest BCUT2D eigenvalue weighted by atomic mass is 16.5. The summed E-state index contributed by atoms with van der Waals surface area (Å²) in [6.07, 6.45) is 3.29. The van der Waals surface area contributed by atoms with Gasteiger partial charge >= 0.3 is 6.09 Å². The molecule has 0 unspecified atom stereocenters. The van der Waals surface area contributed by atoms with Gasteiger partial charge in [-0.1, -0.05) is 30.3 Å². The molecular formula is C14H16N4O2. The number of rotatable bonds is 5. The van der Waals surface area contributed by atoms with Crippen LogP contribution in [0.15, 0.2) is 41.6 Å². The maximum Gasteiger partial charge on any atom is 0.427 e. The zero-order valence-corrected chi connectivity index (χ0v) is 11.2. The molecule has 0 aliphatic carbocycles. The first kappa shape index (κ1) is 13.8. The lowest BCUT2D eigenvalue weighted by atomic mass is 10.1. The summed E-state index contributed by atoms with van der Waals surface area (Å²) in [4.78, 5) is 18.4. The zero-order chi connectivity index (χ0) is 14.2. The molecule has 1 aromatic heterocycles. The van der Waals surface area contributed by atoms with Crippen molar-refractivity contribution in [3.63, 3.8) is 0 Å². The number of H-pyrrole nitrogens is 1. The van der Waals surface area contributed by atoms with Crippen molar-refractivity contribution in [2.45, 2.75) is 13.3 Å². The van der Waals surface area contributed by atoms with E-state index >= 15 is 0 Å². The molecule has 0 atom stereocenters. The van der Waals surface area contributed by atoms with Crippen molar-refractivity contribution in [1.82, 2.24) is 15.4 Å². The van der Waals surface area contributed by atoms with Crippen LogP contribution >= 0.6 is 0 Å². The number of hydrogen-bond acceptors (Lipinski definition) is 4. The number of nitrogens with zero attached hydrogens (tertiary/aromatic N) is 2. The van der Waals surface area contributed by atoms with Crippen molar-refractivity contribution in [3.8, 4) is 0 Å². The Morgan fingerprint density at radius 2 is 2.25 bits per heavy atom. The quantitative estimate of drug-likeness (QED) is 0.646. The molecule has 1 heterocycles. The van der Waals surface area contributed by atoms with E-state index < -0.39 is 6.09 Å². The van der Waals surface area contributed by atoms with Crippen molar-refractivity contribution >= 4 is 12.3 Å². The molecule has 2 rings (SSSR count). The SMILES string of the molecule is CCOC(=O)NN=Cc1cnc(Cc2ccccc2)[nH]1. The second-order valence-electron chi connectivity index (χ2n) is 4.04. The number of amides is 1. The second-order valence-corrected chi connectivity index (χ2v) is 4.04. The third kappa shape index (κ3) is 4.24. The van der Waals surface area contributed by atoms with Crippen LogP contribution in [0.4, 0.5) is 4.79 Å². The van der Waals surface area contributed by atoms with Gasteiger partial charge < -0.3 is 9.72 Å². The Bertz CT molecular complexity index is 578. The van der Waals surface area contributed by atoms with Crippen LogP contribution in [-0.4, -0.2) is 28.9 Å². The van der Waals surface area contributed by atoms with E-state index in [1.54, 1.807) is 13.1 Å². The second kappa shape index (κ2) is 7.08. The molecule has 104 valence electrons. The van der Waals surface area contributed by atoms with Crippen molar-refractivity contribution in [2.24, 2.45) is 5.10 Å². The summed E-state index contributed by atoms with van der Waals surface area (Å²) in [5.74, 6) is 0.841. The van der Waals surface area contributed by atoms with Crippen molar-refractivity contribution in [3.05, 3.63) is 53.6 Å². The van der Waals surface area contributed by atoms with Crippen LogP contribution in [0, 0.1) is 0 Å². The zero-order valence-electron chi connectivity index (χ0n) is 11.2. The molecule has 0 aliphatic rings. The number of aromatic nitrogens is 2. The third-order valence-corrected chi connectivity index (χ3v) is 2.50. The van der Waals surface area contributed by atoms with Gasteiger partial charge in [-0.15, -0.1) is 0 Å². The number of imidazole rings is 1. The van der Waals surface area contributed by atoms with E-state index in [9.17, 15) is 4.79 Å². The molecule has 6 nitrogen and oxygen atoms in total. The van der Waals surface area contributed by atoms with E-state index in [1.165, 1.54) is 11.8 Å². The van der Waals surface area contributed by atoms with E-state index in [1.807, 2.05) is 30.3 Å². The predicted molar refractivity (Wildman–Crippen MR) is 75.6 cm³/mol. The van der Waals surface area contributed by atoms with Gasteiger partial charge in [-0.2, -0.15) is 5.10 Å². The molecule has 0 fully saturated rings. The highest BCUT2D eigenvalue weighted by Gasteiger charge is 2.01. The number of hydrazone groups is 1. The number of aromatic amines is 1. The first-order valence-corrected chi connectivity index (χ1v) is 6.31. The van der Waals surface area contributed by atoms with Gasteiger partial charge in [0, 0.05) is 6.42 Å². The Kier molecular flexibility index (Phi) is 4.88. The fourth-order valence-electron chi connectivity index (χ4n) is 1.64. The average Bonchev–Trinajstić information content (AvgIpc) is 2.88. The smallest absolute Gasteiger partial charge is 0.427 e. The topological polar surface area (TPSA) is 79.4 Å². The summed E-state index contributed by atoms with van der Waals surface area (Å²) in [6.45, 7) is 2.04. The van der Waals surface area contributed by atoms with Crippen LogP contribution < -0.4 is 5.43 Å². The molecule has 0 bridgehead atoms. The number of carbonyl (C=O) groups excluding carboxylic acids is 1. The Labute approximate surface area is 116 Å². The van der Waals surface area contributed by atoms with Crippen LogP contribution in [0.25, 0.3) is 0 Å². The Hall–Kier alpha value is -2.63. The summed E-state index contributed by atoms with van der Waals surface area (Å²) in [5, 5.41) is 3.76. The molecule has 0 aliphatic heterocycles.